The van der Waals surface area contributed by atoms with E-state index in [4.69, 9.17) is 0 Å². The monoisotopic (exact) mass is 420 g/mol. The number of rotatable bonds is 4. The van der Waals surface area contributed by atoms with Gasteiger partial charge >= 0.3 is 6.18 Å². The number of hydrogen-bond acceptors (Lipinski definition) is 4. The Balaban J connectivity index is 1.38. The van der Waals surface area contributed by atoms with Crippen LogP contribution in [-0.2, 0) is 11.0 Å². The topological polar surface area (TPSA) is 48.5 Å². The number of likely N-dealkylation sites (tertiary alicyclic amines) is 2. The molecule has 1 aromatic carbocycles. The summed E-state index contributed by atoms with van der Waals surface area (Å²) in [5, 5.41) is 3.89. The molecule has 8 heteroatoms. The molecule has 0 bridgehead atoms. The Hall–Kier alpha value is -2.35. The number of aromatic nitrogens is 1. The van der Waals surface area contributed by atoms with Gasteiger partial charge in [0.15, 0.2) is 0 Å². The second kappa shape index (κ2) is 8.41. The highest BCUT2D eigenvalue weighted by molar-refractivity contribution is 5.91. The van der Waals surface area contributed by atoms with Gasteiger partial charge in [0.25, 0.3) is 0 Å². The van der Waals surface area contributed by atoms with E-state index < -0.39 is 11.7 Å². The van der Waals surface area contributed by atoms with Gasteiger partial charge in [0.05, 0.1) is 17.6 Å². The van der Waals surface area contributed by atoms with E-state index in [0.29, 0.717) is 29.2 Å². The molecule has 0 aliphatic carbocycles. The SMILES string of the molecule is C[C@@H]1CCCN1C(=O)CN1CCC(Nc2cccc3ncc(C(F)(F)F)cc23)CC1. The maximum absolute atomic E-state index is 13.1. The fraction of sp³-hybridized carbons (Fsp3) is 0.545. The minimum Gasteiger partial charge on any atom is -0.382 e. The highest BCUT2D eigenvalue weighted by atomic mass is 19.4. The Kier molecular flexibility index (Phi) is 5.86. The first-order valence-corrected chi connectivity index (χ1v) is 10.6. The molecule has 30 heavy (non-hydrogen) atoms. The molecular weight excluding hydrogens is 393 g/mol. The number of hydrogen-bond donors (Lipinski definition) is 1. The number of halogens is 3. The third-order valence-electron chi connectivity index (χ3n) is 6.23. The van der Waals surface area contributed by atoms with Crippen molar-refractivity contribution in [2.45, 2.75) is 50.9 Å². The van der Waals surface area contributed by atoms with Gasteiger partial charge in [0, 0.05) is 49.0 Å². The van der Waals surface area contributed by atoms with Crippen LogP contribution < -0.4 is 5.32 Å². The molecule has 3 heterocycles. The van der Waals surface area contributed by atoms with Crippen LogP contribution in [0.5, 0.6) is 0 Å². The van der Waals surface area contributed by atoms with Gasteiger partial charge in [-0.15, -0.1) is 0 Å². The molecule has 0 saturated carbocycles. The van der Waals surface area contributed by atoms with E-state index in [2.05, 4.69) is 22.1 Å². The molecule has 1 amide bonds. The van der Waals surface area contributed by atoms with Gasteiger partial charge in [-0.05, 0) is 50.8 Å². The van der Waals surface area contributed by atoms with Crippen molar-refractivity contribution >= 4 is 22.5 Å². The molecule has 4 rings (SSSR count). The van der Waals surface area contributed by atoms with Crippen LogP contribution in [-0.4, -0.2) is 59.0 Å². The van der Waals surface area contributed by atoms with E-state index in [1.54, 1.807) is 18.2 Å². The first-order chi connectivity index (χ1) is 14.3. The molecule has 0 radical (unpaired) electrons. The molecule has 5 nitrogen and oxygen atoms in total. The lowest BCUT2D eigenvalue weighted by molar-refractivity contribution is -0.137. The van der Waals surface area contributed by atoms with E-state index in [1.165, 1.54) is 0 Å². The molecule has 0 spiro atoms. The van der Waals surface area contributed by atoms with Crippen LogP contribution in [0.1, 0.15) is 38.2 Å². The lowest BCUT2D eigenvalue weighted by Crippen LogP contribution is -2.46. The van der Waals surface area contributed by atoms with Crippen molar-refractivity contribution in [1.82, 2.24) is 14.8 Å². The Bertz CT molecular complexity index is 909. The fourth-order valence-electron chi connectivity index (χ4n) is 4.47. The van der Waals surface area contributed by atoms with Gasteiger partial charge in [-0.2, -0.15) is 13.2 Å². The van der Waals surface area contributed by atoms with E-state index in [9.17, 15) is 18.0 Å². The number of pyridine rings is 1. The van der Waals surface area contributed by atoms with Crippen molar-refractivity contribution in [3.63, 3.8) is 0 Å². The molecular formula is C22H27F3N4O. The number of benzene rings is 1. The minimum absolute atomic E-state index is 0.155. The summed E-state index contributed by atoms with van der Waals surface area (Å²) in [5.41, 5.74) is 0.469. The van der Waals surface area contributed by atoms with Crippen molar-refractivity contribution in [1.29, 1.82) is 0 Å². The quantitative estimate of drug-likeness (QED) is 0.808. The van der Waals surface area contributed by atoms with Crippen molar-refractivity contribution in [2.75, 3.05) is 31.5 Å². The van der Waals surface area contributed by atoms with E-state index in [-0.39, 0.29) is 11.9 Å². The average Bonchev–Trinajstić information content (AvgIpc) is 3.15. The first kappa shape index (κ1) is 20.9. The van der Waals surface area contributed by atoms with Crippen LogP contribution in [0, 0.1) is 0 Å². The van der Waals surface area contributed by atoms with Crippen LogP contribution in [0.3, 0.4) is 0 Å². The van der Waals surface area contributed by atoms with Gasteiger partial charge in [-0.1, -0.05) is 6.07 Å². The second-order valence-electron chi connectivity index (χ2n) is 8.37. The van der Waals surface area contributed by atoms with Crippen molar-refractivity contribution in [3.05, 3.63) is 36.0 Å². The van der Waals surface area contributed by atoms with Crippen LogP contribution in [0.15, 0.2) is 30.5 Å². The van der Waals surface area contributed by atoms with E-state index in [1.807, 2.05) is 4.90 Å². The molecule has 0 unspecified atom stereocenters. The molecule has 1 N–H and O–H groups in total. The van der Waals surface area contributed by atoms with Crippen LogP contribution in [0.2, 0.25) is 0 Å². The normalized spacial score (nSPS) is 21.3. The summed E-state index contributed by atoms with van der Waals surface area (Å²) >= 11 is 0. The van der Waals surface area contributed by atoms with Gasteiger partial charge in [0.1, 0.15) is 0 Å². The summed E-state index contributed by atoms with van der Waals surface area (Å²) in [6, 6.07) is 6.97. The summed E-state index contributed by atoms with van der Waals surface area (Å²) in [7, 11) is 0. The molecule has 2 saturated heterocycles. The smallest absolute Gasteiger partial charge is 0.382 e. The number of nitrogens with zero attached hydrogens (tertiary/aromatic N) is 3. The Morgan fingerprint density at radius 1 is 1.20 bits per heavy atom. The summed E-state index contributed by atoms with van der Waals surface area (Å²) in [4.78, 5) is 20.7. The molecule has 2 aliphatic rings. The minimum atomic E-state index is -4.42. The highest BCUT2D eigenvalue weighted by Gasteiger charge is 2.31. The number of anilines is 1. The Morgan fingerprint density at radius 2 is 1.97 bits per heavy atom. The number of amides is 1. The molecule has 2 aromatic rings. The predicted molar refractivity (Wildman–Crippen MR) is 110 cm³/mol. The van der Waals surface area contributed by atoms with Crippen molar-refractivity contribution in [3.8, 4) is 0 Å². The summed E-state index contributed by atoms with van der Waals surface area (Å²) < 4.78 is 39.3. The number of nitrogens with one attached hydrogen (secondary N) is 1. The summed E-state index contributed by atoms with van der Waals surface area (Å²) in [5.74, 6) is 0.200. The maximum Gasteiger partial charge on any atom is 0.417 e. The number of fused-ring (bicyclic) bond motifs is 1. The fourth-order valence-corrected chi connectivity index (χ4v) is 4.47. The lowest BCUT2D eigenvalue weighted by Gasteiger charge is -2.34. The van der Waals surface area contributed by atoms with Gasteiger partial charge in [0.2, 0.25) is 5.91 Å². The zero-order valence-electron chi connectivity index (χ0n) is 17.1. The zero-order valence-corrected chi connectivity index (χ0v) is 17.1. The Labute approximate surface area is 174 Å². The van der Waals surface area contributed by atoms with Crippen LogP contribution in [0.25, 0.3) is 10.9 Å². The van der Waals surface area contributed by atoms with Crippen LogP contribution in [0.4, 0.5) is 18.9 Å². The number of carbonyl (C=O) groups excluding carboxylic acids is 1. The molecule has 1 atom stereocenters. The standard InChI is InChI=1S/C22H27F3N4O/c1-15-4-3-9-29(15)21(30)14-28-10-7-17(8-11-28)27-20-6-2-5-19-18(20)12-16(13-26-19)22(23,24)25/h2,5-6,12-13,15,17,27H,3-4,7-11,14H2,1H3/t15-/m1/s1. The van der Waals surface area contributed by atoms with E-state index in [0.717, 1.165) is 57.6 Å². The summed E-state index contributed by atoms with van der Waals surface area (Å²) in [6.07, 6.45) is 0.293. The third kappa shape index (κ3) is 4.53. The van der Waals surface area contributed by atoms with Gasteiger partial charge in [-0.25, -0.2) is 0 Å². The molecule has 2 aliphatic heterocycles. The molecule has 162 valence electrons. The number of alkyl halides is 3. The number of carbonyl (C=O) groups is 1. The van der Waals surface area contributed by atoms with Crippen LogP contribution >= 0.6 is 0 Å². The first-order valence-electron chi connectivity index (χ1n) is 10.6. The lowest BCUT2D eigenvalue weighted by atomic mass is 10.0. The van der Waals surface area contributed by atoms with Crippen molar-refractivity contribution < 1.29 is 18.0 Å². The zero-order chi connectivity index (χ0) is 21.3. The van der Waals surface area contributed by atoms with Gasteiger partial charge < -0.3 is 10.2 Å². The third-order valence-corrected chi connectivity index (χ3v) is 6.23. The highest BCUT2D eigenvalue weighted by Crippen LogP contribution is 2.33. The predicted octanol–water partition coefficient (Wildman–Crippen LogP) is 4.14. The maximum atomic E-state index is 13.1. The molecule has 1 aromatic heterocycles. The second-order valence-corrected chi connectivity index (χ2v) is 8.37. The molecule has 2 fully saturated rings. The largest absolute Gasteiger partial charge is 0.417 e. The average molecular weight is 420 g/mol. The van der Waals surface area contributed by atoms with Crippen molar-refractivity contribution in [2.24, 2.45) is 0 Å². The summed E-state index contributed by atoms with van der Waals surface area (Å²) in [6.45, 7) is 4.99. The number of piperidine rings is 1. The Morgan fingerprint density at radius 3 is 2.63 bits per heavy atom. The van der Waals surface area contributed by atoms with E-state index >= 15 is 0 Å². The van der Waals surface area contributed by atoms with Gasteiger partial charge in [-0.3, -0.25) is 14.7 Å².